The molecule has 0 aromatic heterocycles. The molecule has 47 valence electrons. The molecule has 2 heteroatoms. The van der Waals surface area contributed by atoms with E-state index in [4.69, 9.17) is 5.73 Å². The first-order chi connectivity index (χ1) is 4.34. The van der Waals surface area contributed by atoms with E-state index in [1.165, 1.54) is 6.07 Å². The first-order valence-corrected chi connectivity index (χ1v) is 2.72. The fraction of sp³-hybridized carbons (Fsp3) is 0.143. The molecule has 0 unspecified atom stereocenters. The number of nitrogens with one attached hydrogen (secondary N) is 1. The minimum absolute atomic E-state index is 0.0205. The zero-order chi connectivity index (χ0) is 6.69. The minimum Gasteiger partial charge on any atom is -0.253 e. The summed E-state index contributed by atoms with van der Waals surface area (Å²) in [6, 6.07) is 6.33. The first kappa shape index (κ1) is 6.23. The Morgan fingerprint density at radius 2 is 2.00 bits per heavy atom. The number of hydrogen-bond donors (Lipinski definition) is 0. The van der Waals surface area contributed by atoms with Gasteiger partial charge in [0.1, 0.15) is 5.82 Å². The Bertz CT molecular complexity index is 198. The van der Waals surface area contributed by atoms with Gasteiger partial charge in [0.15, 0.2) is 0 Å². The van der Waals surface area contributed by atoms with E-state index in [9.17, 15) is 4.39 Å². The van der Waals surface area contributed by atoms with Gasteiger partial charge in [0.05, 0.1) is 0 Å². The summed E-state index contributed by atoms with van der Waals surface area (Å²) in [5, 5.41) is 0. The first-order valence-electron chi connectivity index (χ1n) is 2.72. The average Bonchev–Trinajstić information content (AvgIpc) is 1.89. The van der Waals surface area contributed by atoms with Gasteiger partial charge in [-0.15, -0.1) is 0 Å². The van der Waals surface area contributed by atoms with Gasteiger partial charge in [-0.2, -0.15) is 0 Å². The molecule has 0 saturated heterocycles. The Balaban J connectivity index is 3.01. The third kappa shape index (κ3) is 1.27. The van der Waals surface area contributed by atoms with Crippen molar-refractivity contribution in [3.05, 3.63) is 35.6 Å². The molecule has 1 radical (unpaired) electrons. The summed E-state index contributed by atoms with van der Waals surface area (Å²) >= 11 is 0. The number of halogens is 1. The lowest BCUT2D eigenvalue weighted by Gasteiger charge is -1.94. The van der Waals surface area contributed by atoms with Crippen LogP contribution in [0.2, 0.25) is 0 Å². The molecule has 0 fully saturated rings. The molecule has 0 bridgehead atoms. The van der Waals surface area contributed by atoms with Crippen LogP contribution in [0, 0.1) is 5.82 Å². The lowest BCUT2D eigenvalue weighted by molar-refractivity contribution is 0.609. The van der Waals surface area contributed by atoms with Crippen LogP contribution in [0.15, 0.2) is 24.3 Å². The third-order valence-electron chi connectivity index (χ3n) is 1.15. The van der Waals surface area contributed by atoms with Crippen molar-refractivity contribution in [1.82, 2.24) is 5.73 Å². The SMILES string of the molecule is [NH]Cc1ccccc1F. The van der Waals surface area contributed by atoms with E-state index in [-0.39, 0.29) is 12.4 Å². The highest BCUT2D eigenvalue weighted by atomic mass is 19.1. The molecule has 0 aliphatic carbocycles. The summed E-state index contributed by atoms with van der Waals surface area (Å²) in [6.07, 6.45) is 0. The second-order valence-electron chi connectivity index (χ2n) is 1.77. The van der Waals surface area contributed by atoms with Crippen molar-refractivity contribution in [3.63, 3.8) is 0 Å². The minimum atomic E-state index is -0.285. The smallest absolute Gasteiger partial charge is 0.127 e. The maximum absolute atomic E-state index is 12.5. The second kappa shape index (κ2) is 2.60. The molecule has 0 aliphatic rings. The summed E-state index contributed by atoms with van der Waals surface area (Å²) in [5.74, 6) is -0.285. The predicted molar refractivity (Wildman–Crippen MR) is 33.2 cm³/mol. The van der Waals surface area contributed by atoms with Gasteiger partial charge in [-0.1, -0.05) is 18.2 Å². The van der Waals surface area contributed by atoms with E-state index < -0.39 is 0 Å². The summed E-state index contributed by atoms with van der Waals surface area (Å²) in [5.41, 5.74) is 7.30. The molecule has 1 aromatic carbocycles. The van der Waals surface area contributed by atoms with Gasteiger partial charge >= 0.3 is 0 Å². The van der Waals surface area contributed by atoms with Gasteiger partial charge in [-0.3, -0.25) is 5.73 Å². The van der Waals surface area contributed by atoms with Crippen molar-refractivity contribution in [1.29, 1.82) is 0 Å². The molecule has 1 rings (SSSR count). The van der Waals surface area contributed by atoms with Gasteiger partial charge in [0, 0.05) is 12.1 Å². The maximum Gasteiger partial charge on any atom is 0.127 e. The fourth-order valence-corrected chi connectivity index (χ4v) is 0.642. The standard InChI is InChI=1S/C7H7FN/c8-7-4-2-1-3-6(7)5-9/h1-4,9H,5H2. The van der Waals surface area contributed by atoms with Gasteiger partial charge in [-0.25, -0.2) is 4.39 Å². The van der Waals surface area contributed by atoms with Crippen LogP contribution in [0.3, 0.4) is 0 Å². The zero-order valence-electron chi connectivity index (χ0n) is 4.89. The van der Waals surface area contributed by atoms with E-state index >= 15 is 0 Å². The van der Waals surface area contributed by atoms with E-state index in [0.717, 1.165) is 0 Å². The molecular weight excluding hydrogens is 117 g/mol. The molecule has 0 aliphatic heterocycles. The van der Waals surface area contributed by atoms with Crippen LogP contribution < -0.4 is 5.73 Å². The Hall–Kier alpha value is -0.890. The van der Waals surface area contributed by atoms with Gasteiger partial charge < -0.3 is 0 Å². The predicted octanol–water partition coefficient (Wildman–Crippen LogP) is 1.61. The Morgan fingerprint density at radius 1 is 1.33 bits per heavy atom. The molecule has 0 atom stereocenters. The number of hydrogen-bond acceptors (Lipinski definition) is 0. The third-order valence-corrected chi connectivity index (χ3v) is 1.15. The molecule has 1 aromatic rings. The molecule has 1 nitrogen and oxygen atoms in total. The quantitative estimate of drug-likeness (QED) is 0.543. The van der Waals surface area contributed by atoms with Crippen LogP contribution in [0.1, 0.15) is 5.56 Å². The van der Waals surface area contributed by atoms with Gasteiger partial charge in [0.25, 0.3) is 0 Å². The molecule has 0 saturated carbocycles. The normalized spacial score (nSPS) is 9.56. The largest absolute Gasteiger partial charge is 0.253 e. The van der Waals surface area contributed by atoms with Crippen molar-refractivity contribution in [2.45, 2.75) is 6.54 Å². The van der Waals surface area contributed by atoms with Crippen molar-refractivity contribution >= 4 is 0 Å². The van der Waals surface area contributed by atoms with Crippen molar-refractivity contribution in [2.24, 2.45) is 0 Å². The molecule has 0 heterocycles. The maximum atomic E-state index is 12.5. The summed E-state index contributed by atoms with van der Waals surface area (Å²) < 4.78 is 12.5. The van der Waals surface area contributed by atoms with Crippen LogP contribution in [0.4, 0.5) is 4.39 Å². The molecule has 1 N–H and O–H groups in total. The van der Waals surface area contributed by atoms with E-state index in [1.54, 1.807) is 18.2 Å². The Morgan fingerprint density at radius 3 is 2.44 bits per heavy atom. The number of benzene rings is 1. The van der Waals surface area contributed by atoms with Crippen LogP contribution in [-0.4, -0.2) is 0 Å². The second-order valence-corrected chi connectivity index (χ2v) is 1.77. The van der Waals surface area contributed by atoms with Crippen molar-refractivity contribution in [3.8, 4) is 0 Å². The van der Waals surface area contributed by atoms with E-state index in [2.05, 4.69) is 0 Å². The van der Waals surface area contributed by atoms with Crippen LogP contribution in [0.25, 0.3) is 0 Å². The highest BCUT2D eigenvalue weighted by Gasteiger charge is 1.94. The molecular formula is C7H7FN. The van der Waals surface area contributed by atoms with E-state index in [1.807, 2.05) is 0 Å². The molecule has 9 heavy (non-hydrogen) atoms. The fourth-order valence-electron chi connectivity index (χ4n) is 0.642. The van der Waals surface area contributed by atoms with Crippen LogP contribution in [0.5, 0.6) is 0 Å². The lowest BCUT2D eigenvalue weighted by atomic mass is 10.2. The summed E-state index contributed by atoms with van der Waals surface area (Å²) in [7, 11) is 0. The molecule has 0 amide bonds. The highest BCUT2D eigenvalue weighted by Crippen LogP contribution is 2.04. The van der Waals surface area contributed by atoms with Crippen molar-refractivity contribution < 1.29 is 4.39 Å². The summed E-state index contributed by atoms with van der Waals surface area (Å²) in [4.78, 5) is 0. The monoisotopic (exact) mass is 124 g/mol. The van der Waals surface area contributed by atoms with Gasteiger partial charge in [-0.05, 0) is 6.07 Å². The van der Waals surface area contributed by atoms with Crippen molar-refractivity contribution in [2.75, 3.05) is 0 Å². The van der Waals surface area contributed by atoms with E-state index in [0.29, 0.717) is 5.56 Å². The lowest BCUT2D eigenvalue weighted by Crippen LogP contribution is -1.88. The Kier molecular flexibility index (Phi) is 1.80. The van der Waals surface area contributed by atoms with Gasteiger partial charge in [0.2, 0.25) is 0 Å². The highest BCUT2D eigenvalue weighted by molar-refractivity contribution is 5.16. The van der Waals surface area contributed by atoms with Crippen LogP contribution >= 0.6 is 0 Å². The average molecular weight is 124 g/mol. The summed E-state index contributed by atoms with van der Waals surface area (Å²) in [6.45, 7) is 0.0205. The Labute approximate surface area is 53.3 Å². The van der Waals surface area contributed by atoms with Crippen LogP contribution in [-0.2, 0) is 6.54 Å². The topological polar surface area (TPSA) is 23.8 Å². The number of rotatable bonds is 1. The molecule has 0 spiro atoms. The zero-order valence-corrected chi connectivity index (χ0v) is 4.89.